The van der Waals surface area contributed by atoms with Crippen LogP contribution in [0.2, 0.25) is 0 Å². The predicted octanol–water partition coefficient (Wildman–Crippen LogP) is 2.79. The van der Waals surface area contributed by atoms with Crippen molar-refractivity contribution in [3.8, 4) is 0 Å². The van der Waals surface area contributed by atoms with Gasteiger partial charge in [-0.05, 0) is 45.1 Å². The predicted molar refractivity (Wildman–Crippen MR) is 76.3 cm³/mol. The van der Waals surface area contributed by atoms with E-state index in [2.05, 4.69) is 13.8 Å². The zero-order valence-electron chi connectivity index (χ0n) is 12.3. The lowest BCUT2D eigenvalue weighted by molar-refractivity contribution is -0.137. The molecule has 2 N–H and O–H groups in total. The molecule has 1 fully saturated rings. The van der Waals surface area contributed by atoms with Crippen LogP contribution in [0, 0.1) is 11.8 Å². The standard InChI is InChI=1S/C15H30N2O/c1-4-6-12(2)17(3)15(18)14-8-5-7-13(11-14)9-10-16/h12-14H,4-11,16H2,1-3H3. The molecule has 1 aliphatic carbocycles. The lowest BCUT2D eigenvalue weighted by atomic mass is 9.79. The summed E-state index contributed by atoms with van der Waals surface area (Å²) in [4.78, 5) is 14.4. The van der Waals surface area contributed by atoms with Crippen molar-refractivity contribution >= 4 is 5.91 Å². The summed E-state index contributed by atoms with van der Waals surface area (Å²) in [5.74, 6) is 1.28. The minimum atomic E-state index is 0.250. The van der Waals surface area contributed by atoms with Gasteiger partial charge in [-0.1, -0.05) is 26.2 Å². The molecule has 0 aliphatic heterocycles. The maximum Gasteiger partial charge on any atom is 0.225 e. The Hall–Kier alpha value is -0.570. The Morgan fingerprint density at radius 1 is 1.44 bits per heavy atom. The van der Waals surface area contributed by atoms with Gasteiger partial charge in [0.15, 0.2) is 0 Å². The highest BCUT2D eigenvalue weighted by molar-refractivity contribution is 5.79. The van der Waals surface area contributed by atoms with Gasteiger partial charge in [0.25, 0.3) is 0 Å². The molecule has 0 bridgehead atoms. The molecule has 0 aromatic heterocycles. The number of rotatable bonds is 6. The Bertz CT molecular complexity index is 253. The minimum absolute atomic E-state index is 0.250. The summed E-state index contributed by atoms with van der Waals surface area (Å²) in [6.45, 7) is 5.09. The van der Waals surface area contributed by atoms with E-state index in [0.717, 1.165) is 38.6 Å². The highest BCUT2D eigenvalue weighted by Crippen LogP contribution is 2.32. The van der Waals surface area contributed by atoms with Gasteiger partial charge in [-0.3, -0.25) is 4.79 Å². The normalized spacial score (nSPS) is 25.8. The molecule has 3 atom stereocenters. The quantitative estimate of drug-likeness (QED) is 0.792. The number of amides is 1. The fourth-order valence-electron chi connectivity index (χ4n) is 3.13. The second-order valence-corrected chi connectivity index (χ2v) is 5.89. The average molecular weight is 254 g/mol. The molecule has 0 spiro atoms. The molecule has 1 saturated carbocycles. The van der Waals surface area contributed by atoms with Crippen LogP contribution in [-0.4, -0.2) is 30.4 Å². The van der Waals surface area contributed by atoms with E-state index < -0.39 is 0 Å². The van der Waals surface area contributed by atoms with Crippen molar-refractivity contribution in [1.82, 2.24) is 4.90 Å². The summed E-state index contributed by atoms with van der Waals surface area (Å²) >= 11 is 0. The van der Waals surface area contributed by atoms with E-state index in [0.29, 0.717) is 17.9 Å². The number of hydrogen-bond acceptors (Lipinski definition) is 2. The molecule has 1 aliphatic rings. The topological polar surface area (TPSA) is 46.3 Å². The number of carbonyl (C=O) groups excluding carboxylic acids is 1. The molecule has 3 heteroatoms. The van der Waals surface area contributed by atoms with Crippen molar-refractivity contribution in [3.05, 3.63) is 0 Å². The third-order valence-electron chi connectivity index (χ3n) is 4.42. The third-order valence-corrected chi connectivity index (χ3v) is 4.42. The fraction of sp³-hybridized carbons (Fsp3) is 0.933. The van der Waals surface area contributed by atoms with Gasteiger partial charge in [0.1, 0.15) is 0 Å². The molecule has 1 rings (SSSR count). The zero-order valence-corrected chi connectivity index (χ0v) is 12.3. The van der Waals surface area contributed by atoms with E-state index in [1.165, 1.54) is 12.8 Å². The van der Waals surface area contributed by atoms with Crippen molar-refractivity contribution < 1.29 is 4.79 Å². The van der Waals surface area contributed by atoms with Gasteiger partial charge in [0, 0.05) is 19.0 Å². The summed E-state index contributed by atoms with van der Waals surface area (Å²) in [5.41, 5.74) is 5.63. The van der Waals surface area contributed by atoms with Crippen LogP contribution in [0.15, 0.2) is 0 Å². The highest BCUT2D eigenvalue weighted by Gasteiger charge is 2.29. The van der Waals surface area contributed by atoms with Crippen molar-refractivity contribution in [3.63, 3.8) is 0 Å². The van der Waals surface area contributed by atoms with Crippen LogP contribution in [0.3, 0.4) is 0 Å². The number of carbonyl (C=O) groups is 1. The van der Waals surface area contributed by atoms with Gasteiger partial charge in [-0.15, -0.1) is 0 Å². The summed E-state index contributed by atoms with van der Waals surface area (Å²) in [6.07, 6.45) is 7.90. The van der Waals surface area contributed by atoms with Crippen LogP contribution in [0.5, 0.6) is 0 Å². The molecular formula is C15H30N2O. The number of hydrogen-bond donors (Lipinski definition) is 1. The molecule has 0 radical (unpaired) electrons. The number of nitrogens with zero attached hydrogens (tertiary/aromatic N) is 1. The largest absolute Gasteiger partial charge is 0.343 e. The van der Waals surface area contributed by atoms with E-state index in [9.17, 15) is 4.79 Å². The van der Waals surface area contributed by atoms with Crippen molar-refractivity contribution in [2.24, 2.45) is 17.6 Å². The summed E-state index contributed by atoms with van der Waals surface area (Å²) in [5, 5.41) is 0. The number of nitrogens with two attached hydrogens (primary N) is 1. The molecule has 1 amide bonds. The van der Waals surface area contributed by atoms with Crippen LogP contribution in [0.4, 0.5) is 0 Å². The second-order valence-electron chi connectivity index (χ2n) is 5.89. The van der Waals surface area contributed by atoms with Gasteiger partial charge < -0.3 is 10.6 Å². The Morgan fingerprint density at radius 3 is 2.78 bits per heavy atom. The summed E-state index contributed by atoms with van der Waals surface area (Å²) in [6, 6.07) is 0.373. The Balaban J connectivity index is 2.49. The summed E-state index contributed by atoms with van der Waals surface area (Å²) < 4.78 is 0. The zero-order chi connectivity index (χ0) is 13.5. The van der Waals surface area contributed by atoms with Gasteiger partial charge in [0.05, 0.1) is 0 Å². The Kier molecular flexibility index (Phi) is 6.69. The second kappa shape index (κ2) is 7.78. The maximum atomic E-state index is 12.5. The lowest BCUT2D eigenvalue weighted by Gasteiger charge is -2.33. The first-order chi connectivity index (χ1) is 8.60. The van der Waals surface area contributed by atoms with E-state index >= 15 is 0 Å². The monoisotopic (exact) mass is 254 g/mol. The first-order valence-corrected chi connectivity index (χ1v) is 7.56. The first-order valence-electron chi connectivity index (χ1n) is 7.56. The van der Waals surface area contributed by atoms with Gasteiger partial charge in [-0.2, -0.15) is 0 Å². The van der Waals surface area contributed by atoms with E-state index in [4.69, 9.17) is 5.73 Å². The van der Waals surface area contributed by atoms with Crippen LogP contribution >= 0.6 is 0 Å². The molecule has 0 heterocycles. The molecule has 0 saturated heterocycles. The molecular weight excluding hydrogens is 224 g/mol. The van der Waals surface area contributed by atoms with Crippen molar-refractivity contribution in [2.75, 3.05) is 13.6 Å². The molecule has 106 valence electrons. The van der Waals surface area contributed by atoms with Crippen LogP contribution in [0.25, 0.3) is 0 Å². The lowest BCUT2D eigenvalue weighted by Crippen LogP contribution is -2.40. The Morgan fingerprint density at radius 2 is 2.17 bits per heavy atom. The highest BCUT2D eigenvalue weighted by atomic mass is 16.2. The first kappa shape index (κ1) is 15.5. The van der Waals surface area contributed by atoms with Crippen LogP contribution in [0.1, 0.15) is 58.8 Å². The molecule has 3 unspecified atom stereocenters. The molecule has 0 aromatic rings. The van der Waals surface area contributed by atoms with E-state index in [1.54, 1.807) is 0 Å². The maximum absolute atomic E-state index is 12.5. The van der Waals surface area contributed by atoms with Gasteiger partial charge >= 0.3 is 0 Å². The van der Waals surface area contributed by atoms with Gasteiger partial charge in [-0.25, -0.2) is 0 Å². The van der Waals surface area contributed by atoms with Crippen molar-refractivity contribution in [2.45, 2.75) is 64.8 Å². The summed E-state index contributed by atoms with van der Waals surface area (Å²) in [7, 11) is 1.97. The third kappa shape index (κ3) is 4.27. The molecule has 0 aromatic carbocycles. The molecule has 3 nitrogen and oxygen atoms in total. The average Bonchev–Trinajstić information content (AvgIpc) is 2.38. The SMILES string of the molecule is CCCC(C)N(C)C(=O)C1CCCC(CCN)C1. The fourth-order valence-corrected chi connectivity index (χ4v) is 3.13. The van der Waals surface area contributed by atoms with E-state index in [-0.39, 0.29) is 5.92 Å². The van der Waals surface area contributed by atoms with Crippen LogP contribution < -0.4 is 5.73 Å². The van der Waals surface area contributed by atoms with Gasteiger partial charge in [0.2, 0.25) is 5.91 Å². The van der Waals surface area contributed by atoms with Crippen LogP contribution in [-0.2, 0) is 4.79 Å². The Labute approximate surface area is 112 Å². The molecule has 18 heavy (non-hydrogen) atoms. The smallest absolute Gasteiger partial charge is 0.225 e. The van der Waals surface area contributed by atoms with E-state index in [1.807, 2.05) is 11.9 Å². The van der Waals surface area contributed by atoms with Crippen molar-refractivity contribution in [1.29, 1.82) is 0 Å². The minimum Gasteiger partial charge on any atom is -0.343 e.